The minimum atomic E-state index is -3.30. The number of alkyl halides is 2. The number of anilines is 2. The van der Waals surface area contributed by atoms with Crippen LogP contribution in [0.15, 0.2) is 30.3 Å². The van der Waals surface area contributed by atoms with Crippen molar-refractivity contribution in [2.45, 2.75) is 45.8 Å². The van der Waals surface area contributed by atoms with Crippen molar-refractivity contribution in [2.75, 3.05) is 29.9 Å². The highest BCUT2D eigenvalue weighted by Crippen LogP contribution is 2.36. The molecule has 190 valence electrons. The maximum absolute atomic E-state index is 13.9. The zero-order valence-electron chi connectivity index (χ0n) is 20.9. The number of β-amino-alcohol motifs (C(OH)–C–C–N with tert-alkyl or cyclic N) is 1. The average Bonchev–Trinajstić information content (AvgIpc) is 3.49. The molecule has 2 aromatic carbocycles. The molecule has 0 saturated carbocycles. The third-order valence-electron chi connectivity index (χ3n) is 6.20. The summed E-state index contributed by atoms with van der Waals surface area (Å²) in [5.41, 5.74) is 2.88. The van der Waals surface area contributed by atoms with Crippen molar-refractivity contribution >= 4 is 33.3 Å². The summed E-state index contributed by atoms with van der Waals surface area (Å²) in [7, 11) is 1.85. The summed E-state index contributed by atoms with van der Waals surface area (Å²) in [5.74, 6) is -2.18. The van der Waals surface area contributed by atoms with Gasteiger partial charge >= 0.3 is 6.20 Å². The monoisotopic (exact) mass is 497 g/mol. The van der Waals surface area contributed by atoms with E-state index in [4.69, 9.17) is 5.11 Å². The van der Waals surface area contributed by atoms with Crippen molar-refractivity contribution in [3.8, 4) is 0 Å². The number of fused-ring (bicyclic) bond motifs is 3. The Morgan fingerprint density at radius 1 is 1.25 bits per heavy atom. The van der Waals surface area contributed by atoms with E-state index in [1.807, 2.05) is 27.0 Å². The van der Waals surface area contributed by atoms with Crippen LogP contribution >= 0.6 is 0 Å². The number of hydrogen-bond acceptors (Lipinski definition) is 6. The molecule has 1 aliphatic heterocycles. The van der Waals surface area contributed by atoms with Crippen molar-refractivity contribution < 1.29 is 24.1 Å². The normalized spacial score (nSPS) is 15.7. The molecule has 8 nitrogen and oxygen atoms in total. The van der Waals surface area contributed by atoms with Gasteiger partial charge in [-0.2, -0.15) is 8.78 Å². The van der Waals surface area contributed by atoms with Gasteiger partial charge in [0.1, 0.15) is 23.8 Å². The summed E-state index contributed by atoms with van der Waals surface area (Å²) < 4.78 is 29.6. The van der Waals surface area contributed by atoms with Crippen LogP contribution in [-0.2, 0) is 19.5 Å². The van der Waals surface area contributed by atoms with Gasteiger partial charge in [-0.3, -0.25) is 0 Å². The van der Waals surface area contributed by atoms with E-state index in [2.05, 4.69) is 31.5 Å². The van der Waals surface area contributed by atoms with Gasteiger partial charge in [-0.1, -0.05) is 32.0 Å². The van der Waals surface area contributed by atoms with E-state index >= 15 is 0 Å². The summed E-state index contributed by atoms with van der Waals surface area (Å²) in [6.07, 6.45) is 3.36. The molecule has 0 amide bonds. The Hall–Kier alpha value is -3.55. The van der Waals surface area contributed by atoms with Gasteiger partial charge in [-0.15, -0.1) is 0 Å². The molecule has 1 atom stereocenters. The second kappa shape index (κ2) is 10.2. The highest BCUT2D eigenvalue weighted by Gasteiger charge is 2.31. The van der Waals surface area contributed by atoms with Crippen LogP contribution < -0.4 is 15.3 Å². The van der Waals surface area contributed by atoms with Crippen LogP contribution in [0.1, 0.15) is 37.2 Å². The Balaban J connectivity index is 0.00000148. The fourth-order valence-electron chi connectivity index (χ4n) is 4.48. The fourth-order valence-corrected chi connectivity index (χ4v) is 4.48. The molecule has 1 unspecified atom stereocenters. The smallest absolute Gasteiger partial charge is 0.362 e. The van der Waals surface area contributed by atoms with Gasteiger partial charge in [-0.05, 0) is 35.7 Å². The van der Waals surface area contributed by atoms with E-state index in [-0.39, 0.29) is 18.2 Å². The topological polar surface area (TPSA) is 101 Å². The second-order valence-corrected chi connectivity index (χ2v) is 8.68. The molecule has 5 rings (SSSR count). The molecule has 0 spiro atoms. The third kappa shape index (κ3) is 4.76. The molecule has 36 heavy (non-hydrogen) atoms. The number of aryl methyl sites for hydroxylation is 2. The minimum Gasteiger partial charge on any atom is -0.391 e. The summed E-state index contributed by atoms with van der Waals surface area (Å²) >= 11 is 0. The molecule has 2 aromatic heterocycles. The lowest BCUT2D eigenvalue weighted by molar-refractivity contribution is -0.408. The zero-order chi connectivity index (χ0) is 26.0. The lowest BCUT2D eigenvalue weighted by atomic mass is 10.1. The van der Waals surface area contributed by atoms with Crippen LogP contribution in [-0.4, -0.2) is 50.7 Å². The SMILES string of the molecule is CC.Cc1nc(NCc2cccc(C(F)(F)CO)c2)c2cc(N3CCC(O)C3)c3c(c#[n+]n3C)c2n1. The predicted molar refractivity (Wildman–Crippen MR) is 134 cm³/mol. The third-order valence-corrected chi connectivity index (χ3v) is 6.20. The van der Waals surface area contributed by atoms with Gasteiger partial charge in [0.15, 0.2) is 10.9 Å². The van der Waals surface area contributed by atoms with Crippen LogP contribution in [0, 0.1) is 13.1 Å². The van der Waals surface area contributed by atoms with Crippen molar-refractivity contribution in [3.63, 3.8) is 0 Å². The van der Waals surface area contributed by atoms with E-state index in [9.17, 15) is 13.9 Å². The Labute approximate surface area is 208 Å². The first-order chi connectivity index (χ1) is 17.3. The number of rotatable bonds is 6. The highest BCUT2D eigenvalue weighted by molar-refractivity contribution is 6.11. The van der Waals surface area contributed by atoms with Crippen molar-refractivity contribution in [1.29, 1.82) is 0 Å². The lowest BCUT2D eigenvalue weighted by Gasteiger charge is -2.20. The first-order valence-electron chi connectivity index (χ1n) is 12.1. The Kier molecular flexibility index (Phi) is 7.24. The molecular weight excluding hydrogens is 466 g/mol. The molecule has 1 aliphatic rings. The van der Waals surface area contributed by atoms with E-state index in [1.54, 1.807) is 23.7 Å². The van der Waals surface area contributed by atoms with Gasteiger partial charge in [0.2, 0.25) is 0 Å². The molecule has 4 aromatic rings. The Morgan fingerprint density at radius 2 is 2.03 bits per heavy atom. The molecular formula is C26H31F2N6O2+. The maximum Gasteiger partial charge on any atom is 0.362 e. The van der Waals surface area contributed by atoms with Gasteiger partial charge in [-0.25, -0.2) is 9.97 Å². The molecule has 0 bridgehead atoms. The van der Waals surface area contributed by atoms with Crippen LogP contribution in [0.3, 0.4) is 0 Å². The number of aliphatic hydroxyl groups excluding tert-OH is 2. The van der Waals surface area contributed by atoms with Crippen molar-refractivity contribution in [1.82, 2.24) is 14.6 Å². The van der Waals surface area contributed by atoms with E-state index in [0.717, 1.165) is 22.0 Å². The number of halogens is 2. The molecule has 0 aliphatic carbocycles. The number of benzene rings is 2. The van der Waals surface area contributed by atoms with Gasteiger partial charge in [0, 0.05) is 30.6 Å². The van der Waals surface area contributed by atoms with E-state index < -0.39 is 12.5 Å². The number of aliphatic hydroxyl groups is 2. The molecule has 1 fully saturated rings. The highest BCUT2D eigenvalue weighted by atomic mass is 19.3. The van der Waals surface area contributed by atoms with Crippen molar-refractivity contribution in [2.24, 2.45) is 7.05 Å². The molecule has 3 N–H and O–H groups in total. The zero-order valence-corrected chi connectivity index (χ0v) is 20.9. The average molecular weight is 498 g/mol. The Bertz CT molecular complexity index is 1370. The number of aromatic nitrogens is 4. The number of hydrogen-bond donors (Lipinski definition) is 3. The van der Waals surface area contributed by atoms with Crippen LogP contribution in [0.5, 0.6) is 0 Å². The second-order valence-electron chi connectivity index (χ2n) is 8.68. The van der Waals surface area contributed by atoms with E-state index in [1.165, 1.54) is 12.1 Å². The van der Waals surface area contributed by atoms with Crippen LogP contribution in [0.4, 0.5) is 20.3 Å². The molecule has 3 heterocycles. The predicted octanol–water partition coefficient (Wildman–Crippen LogP) is 3.12. The van der Waals surface area contributed by atoms with Crippen LogP contribution in [0.2, 0.25) is 0 Å². The van der Waals surface area contributed by atoms with Crippen LogP contribution in [0.25, 0.3) is 21.8 Å². The van der Waals surface area contributed by atoms with Crippen molar-refractivity contribution in [3.05, 3.63) is 53.5 Å². The summed E-state index contributed by atoms with van der Waals surface area (Å²) in [4.78, 5) is 11.3. The maximum atomic E-state index is 13.9. The van der Waals surface area contributed by atoms with Gasteiger partial charge < -0.3 is 20.4 Å². The lowest BCUT2D eigenvalue weighted by Crippen LogP contribution is -2.22. The Morgan fingerprint density at radius 3 is 2.72 bits per heavy atom. The minimum absolute atomic E-state index is 0.237. The quantitative estimate of drug-likeness (QED) is 0.376. The molecule has 0 radical (unpaired) electrons. The van der Waals surface area contributed by atoms with Gasteiger partial charge in [0.05, 0.1) is 23.9 Å². The summed E-state index contributed by atoms with van der Waals surface area (Å²) in [6.45, 7) is 6.04. The number of nitrogens with one attached hydrogen (secondary N) is 1. The largest absolute Gasteiger partial charge is 0.391 e. The number of nitrogens with zero attached hydrogens (tertiary/aromatic N) is 5. The molecule has 1 saturated heterocycles. The fraction of sp³-hybridized carbons (Fsp3) is 0.423. The van der Waals surface area contributed by atoms with Gasteiger partial charge in [0.25, 0.3) is 5.92 Å². The summed E-state index contributed by atoms with van der Waals surface area (Å²) in [6, 6.07) is 7.96. The standard InChI is InChI=1S/C24H24F2N6O2.C2H6/c1-14-29-21-18(9-20(32-7-6-17(34)12-32)22-19(21)11-28-31(22)2)23(30-14)27-10-15-4-3-5-16(8-15)24(25,26)13-33;1-2/h3-5,8-9,17,33-34H,6-7,10,12-13H2,1-2H3;1-2H3/p+1. The first kappa shape index (κ1) is 25.5. The molecule has 10 heteroatoms. The van der Waals surface area contributed by atoms with E-state index in [0.29, 0.717) is 42.2 Å². The first-order valence-corrected chi connectivity index (χ1v) is 12.1. The summed E-state index contributed by atoms with van der Waals surface area (Å²) in [5, 5.41) is 28.2.